The molecule has 1 amide bonds. The van der Waals surface area contributed by atoms with Crippen LogP contribution in [0.1, 0.15) is 15.9 Å². The third kappa shape index (κ3) is 3.25. The molecule has 3 aromatic rings. The Hall–Kier alpha value is -3.52. The van der Waals surface area contributed by atoms with Crippen LogP contribution in [0.5, 0.6) is 11.5 Å². The van der Waals surface area contributed by atoms with Crippen molar-refractivity contribution >= 4 is 27.3 Å². The van der Waals surface area contributed by atoms with E-state index in [9.17, 15) is 13.2 Å². The summed E-state index contributed by atoms with van der Waals surface area (Å²) in [5.74, 6) is 0.987. The molecule has 0 saturated carbocycles. The molecule has 2 aliphatic rings. The number of sulfonamides is 1. The van der Waals surface area contributed by atoms with Crippen LogP contribution in [-0.2, 0) is 16.4 Å². The molecule has 0 saturated heterocycles. The zero-order valence-corrected chi connectivity index (χ0v) is 16.7. The SMILES string of the molecule is O=C(c1ccccc1)N1CCc2cc(S(=O)(=O)Nc3ccc4c(c3)OCO4)ccc21. The number of rotatable bonds is 4. The first kappa shape index (κ1) is 18.5. The fourth-order valence-electron chi connectivity index (χ4n) is 3.67. The van der Waals surface area contributed by atoms with Gasteiger partial charge in [0.2, 0.25) is 6.79 Å². The Bertz CT molecular complexity index is 1240. The molecule has 8 heteroatoms. The van der Waals surface area contributed by atoms with Gasteiger partial charge in [-0.15, -0.1) is 0 Å². The van der Waals surface area contributed by atoms with E-state index in [1.807, 2.05) is 18.2 Å². The third-order valence-corrected chi connectivity index (χ3v) is 6.53. The molecule has 5 rings (SSSR count). The number of carbonyl (C=O) groups excluding carboxylic acids is 1. The van der Waals surface area contributed by atoms with Crippen LogP contribution in [0.25, 0.3) is 0 Å². The molecule has 0 aromatic heterocycles. The zero-order valence-electron chi connectivity index (χ0n) is 15.9. The van der Waals surface area contributed by atoms with Crippen LogP contribution in [0, 0.1) is 0 Å². The molecule has 7 nitrogen and oxygen atoms in total. The summed E-state index contributed by atoms with van der Waals surface area (Å²) >= 11 is 0. The number of nitrogens with one attached hydrogen (secondary N) is 1. The first-order chi connectivity index (χ1) is 14.5. The largest absolute Gasteiger partial charge is 0.454 e. The van der Waals surface area contributed by atoms with Crippen LogP contribution < -0.4 is 19.1 Å². The minimum absolute atomic E-state index is 0.0940. The molecule has 2 heterocycles. The maximum Gasteiger partial charge on any atom is 0.261 e. The maximum absolute atomic E-state index is 12.9. The molecular weight excluding hydrogens is 404 g/mol. The summed E-state index contributed by atoms with van der Waals surface area (Å²) in [4.78, 5) is 14.6. The van der Waals surface area contributed by atoms with Crippen molar-refractivity contribution in [3.63, 3.8) is 0 Å². The maximum atomic E-state index is 12.9. The van der Waals surface area contributed by atoms with Crippen molar-refractivity contribution < 1.29 is 22.7 Å². The predicted octanol–water partition coefficient (Wildman–Crippen LogP) is 3.42. The molecule has 152 valence electrons. The van der Waals surface area contributed by atoms with Crippen molar-refractivity contribution in [1.82, 2.24) is 0 Å². The van der Waals surface area contributed by atoms with Crippen LogP contribution in [0.15, 0.2) is 71.6 Å². The number of hydrogen-bond donors (Lipinski definition) is 1. The van der Waals surface area contributed by atoms with Gasteiger partial charge in [0.05, 0.1) is 10.6 Å². The Morgan fingerprint density at radius 1 is 0.933 bits per heavy atom. The summed E-state index contributed by atoms with van der Waals surface area (Å²) in [6, 6.07) is 18.8. The Morgan fingerprint density at radius 3 is 2.57 bits per heavy atom. The lowest BCUT2D eigenvalue weighted by Crippen LogP contribution is -2.28. The lowest BCUT2D eigenvalue weighted by molar-refractivity contribution is 0.0989. The number of nitrogens with zero attached hydrogens (tertiary/aromatic N) is 1. The molecular formula is C22H18N2O5S. The minimum Gasteiger partial charge on any atom is -0.454 e. The highest BCUT2D eigenvalue weighted by Gasteiger charge is 2.27. The molecule has 0 spiro atoms. The van der Waals surface area contributed by atoms with Crippen molar-refractivity contribution in [3.05, 3.63) is 77.9 Å². The zero-order chi connectivity index (χ0) is 20.7. The Morgan fingerprint density at radius 2 is 1.73 bits per heavy atom. The molecule has 2 aliphatic heterocycles. The highest BCUT2D eigenvalue weighted by atomic mass is 32.2. The van der Waals surface area contributed by atoms with E-state index in [0.29, 0.717) is 35.7 Å². The second-order valence-corrected chi connectivity index (χ2v) is 8.72. The van der Waals surface area contributed by atoms with Gasteiger partial charge in [-0.3, -0.25) is 9.52 Å². The van der Waals surface area contributed by atoms with Crippen molar-refractivity contribution in [2.75, 3.05) is 23.0 Å². The van der Waals surface area contributed by atoms with Gasteiger partial charge in [0.25, 0.3) is 15.9 Å². The van der Waals surface area contributed by atoms with Gasteiger partial charge in [-0.05, 0) is 54.4 Å². The average Bonchev–Trinajstić information content (AvgIpc) is 3.39. The van der Waals surface area contributed by atoms with Crippen molar-refractivity contribution in [2.24, 2.45) is 0 Å². The summed E-state index contributed by atoms with van der Waals surface area (Å²) in [6.45, 7) is 0.636. The smallest absolute Gasteiger partial charge is 0.261 e. The van der Waals surface area contributed by atoms with E-state index in [4.69, 9.17) is 9.47 Å². The van der Waals surface area contributed by atoms with E-state index in [-0.39, 0.29) is 17.6 Å². The van der Waals surface area contributed by atoms with E-state index >= 15 is 0 Å². The number of ether oxygens (including phenoxy) is 2. The lowest BCUT2D eigenvalue weighted by Gasteiger charge is -2.18. The summed E-state index contributed by atoms with van der Waals surface area (Å²) in [6.07, 6.45) is 0.599. The molecule has 0 radical (unpaired) electrons. The molecule has 0 bridgehead atoms. The fraction of sp³-hybridized carbons (Fsp3) is 0.136. The second-order valence-electron chi connectivity index (χ2n) is 7.04. The van der Waals surface area contributed by atoms with Gasteiger partial charge in [0, 0.05) is 23.9 Å². The molecule has 0 fully saturated rings. The quantitative estimate of drug-likeness (QED) is 0.696. The Labute approximate surface area is 173 Å². The van der Waals surface area contributed by atoms with Crippen LogP contribution in [0.3, 0.4) is 0 Å². The first-order valence-electron chi connectivity index (χ1n) is 9.44. The average molecular weight is 422 g/mol. The van der Waals surface area contributed by atoms with E-state index in [0.717, 1.165) is 11.3 Å². The van der Waals surface area contributed by atoms with Crippen LogP contribution in [-0.4, -0.2) is 27.7 Å². The molecule has 0 atom stereocenters. The van der Waals surface area contributed by atoms with Crippen LogP contribution >= 0.6 is 0 Å². The molecule has 3 aromatic carbocycles. The van der Waals surface area contributed by atoms with Gasteiger partial charge >= 0.3 is 0 Å². The van der Waals surface area contributed by atoms with Crippen LogP contribution in [0.2, 0.25) is 0 Å². The van der Waals surface area contributed by atoms with Gasteiger partial charge < -0.3 is 14.4 Å². The first-order valence-corrected chi connectivity index (χ1v) is 10.9. The number of carbonyl (C=O) groups is 1. The second kappa shape index (κ2) is 7.07. The fourth-order valence-corrected chi connectivity index (χ4v) is 4.77. The monoisotopic (exact) mass is 422 g/mol. The van der Waals surface area contributed by atoms with Gasteiger partial charge in [-0.1, -0.05) is 18.2 Å². The number of fused-ring (bicyclic) bond motifs is 2. The Balaban J connectivity index is 1.40. The third-order valence-electron chi connectivity index (χ3n) is 5.15. The van der Waals surface area contributed by atoms with Crippen molar-refractivity contribution in [3.8, 4) is 11.5 Å². The molecule has 30 heavy (non-hydrogen) atoms. The van der Waals surface area contributed by atoms with E-state index in [2.05, 4.69) is 4.72 Å². The van der Waals surface area contributed by atoms with E-state index < -0.39 is 10.0 Å². The number of benzene rings is 3. The standard InChI is InChI=1S/C22H18N2O5S/c25-22(15-4-2-1-3-5-15)24-11-10-16-12-18(7-8-19(16)24)30(26,27)23-17-6-9-20-21(13-17)29-14-28-20/h1-9,12-13,23H,10-11,14H2. The summed E-state index contributed by atoms with van der Waals surface area (Å²) in [5.41, 5.74) is 2.56. The summed E-state index contributed by atoms with van der Waals surface area (Å²) in [5, 5.41) is 0. The highest BCUT2D eigenvalue weighted by Crippen LogP contribution is 2.36. The topological polar surface area (TPSA) is 84.9 Å². The van der Waals surface area contributed by atoms with Gasteiger partial charge in [-0.25, -0.2) is 8.42 Å². The normalized spacial score (nSPS) is 14.5. The minimum atomic E-state index is -3.79. The summed E-state index contributed by atoms with van der Waals surface area (Å²) in [7, 11) is -3.79. The highest BCUT2D eigenvalue weighted by molar-refractivity contribution is 7.92. The van der Waals surface area contributed by atoms with Gasteiger partial charge in [-0.2, -0.15) is 0 Å². The van der Waals surface area contributed by atoms with Crippen molar-refractivity contribution in [2.45, 2.75) is 11.3 Å². The van der Waals surface area contributed by atoms with Gasteiger partial charge in [0.15, 0.2) is 11.5 Å². The van der Waals surface area contributed by atoms with E-state index in [1.54, 1.807) is 47.4 Å². The van der Waals surface area contributed by atoms with Crippen molar-refractivity contribution in [1.29, 1.82) is 0 Å². The number of amides is 1. The molecule has 0 unspecified atom stereocenters. The van der Waals surface area contributed by atoms with E-state index in [1.165, 1.54) is 6.07 Å². The summed E-state index contributed by atoms with van der Waals surface area (Å²) < 4.78 is 38.9. The number of anilines is 2. The van der Waals surface area contributed by atoms with Crippen LogP contribution in [0.4, 0.5) is 11.4 Å². The number of hydrogen-bond acceptors (Lipinski definition) is 5. The Kier molecular flexibility index (Phi) is 4.36. The molecule has 1 N–H and O–H groups in total. The lowest BCUT2D eigenvalue weighted by atomic mass is 10.1. The molecule has 0 aliphatic carbocycles. The van der Waals surface area contributed by atoms with Gasteiger partial charge in [0.1, 0.15) is 0 Å². The predicted molar refractivity (Wildman–Crippen MR) is 112 cm³/mol.